The maximum absolute atomic E-state index is 5.46. The molecule has 0 aromatic heterocycles. The molecule has 3 nitrogen and oxygen atoms in total. The summed E-state index contributed by atoms with van der Waals surface area (Å²) in [7, 11) is 1.76. The molecule has 0 amide bonds. The number of methoxy groups -OCH3 is 1. The summed E-state index contributed by atoms with van der Waals surface area (Å²) in [4.78, 5) is 0. The lowest BCUT2D eigenvalue weighted by Gasteiger charge is -2.30. The summed E-state index contributed by atoms with van der Waals surface area (Å²) < 4.78 is 10.9. The Morgan fingerprint density at radius 1 is 1.60 bits per heavy atom. The fraction of sp³-hybridized carbons (Fsp3) is 1.00. The molecular weight excluding hydrogens is 190 g/mol. The molecule has 1 saturated heterocycles. The first kappa shape index (κ1) is 12.9. The van der Waals surface area contributed by atoms with Crippen LogP contribution in [0.4, 0.5) is 0 Å². The van der Waals surface area contributed by atoms with Crippen molar-refractivity contribution in [1.29, 1.82) is 0 Å². The SMILES string of the molecule is CCC(C)CCNC1(C)COC[C@H]1OC. The van der Waals surface area contributed by atoms with Crippen LogP contribution in [0.15, 0.2) is 0 Å². The predicted octanol–water partition coefficient (Wildman–Crippen LogP) is 1.82. The Morgan fingerprint density at radius 2 is 2.33 bits per heavy atom. The molecule has 1 aliphatic heterocycles. The van der Waals surface area contributed by atoms with Crippen molar-refractivity contribution in [3.05, 3.63) is 0 Å². The van der Waals surface area contributed by atoms with E-state index in [0.29, 0.717) is 6.61 Å². The zero-order chi connectivity index (χ0) is 11.3. The Hall–Kier alpha value is -0.120. The van der Waals surface area contributed by atoms with Crippen LogP contribution in [0.2, 0.25) is 0 Å². The van der Waals surface area contributed by atoms with E-state index in [1.807, 2.05) is 0 Å². The van der Waals surface area contributed by atoms with Crippen LogP contribution in [0, 0.1) is 5.92 Å². The van der Waals surface area contributed by atoms with Gasteiger partial charge in [0.1, 0.15) is 6.10 Å². The van der Waals surface area contributed by atoms with Crippen molar-refractivity contribution in [3.63, 3.8) is 0 Å². The van der Waals surface area contributed by atoms with Crippen LogP contribution in [-0.4, -0.2) is 38.5 Å². The van der Waals surface area contributed by atoms with Gasteiger partial charge in [-0.2, -0.15) is 0 Å². The van der Waals surface area contributed by atoms with Gasteiger partial charge in [-0.25, -0.2) is 0 Å². The summed E-state index contributed by atoms with van der Waals surface area (Å²) >= 11 is 0. The molecule has 1 rings (SSSR count). The van der Waals surface area contributed by atoms with Crippen LogP contribution >= 0.6 is 0 Å². The summed E-state index contributed by atoms with van der Waals surface area (Å²) in [6.07, 6.45) is 2.67. The van der Waals surface area contributed by atoms with Crippen LogP contribution in [-0.2, 0) is 9.47 Å². The first-order chi connectivity index (χ1) is 7.12. The molecule has 0 spiro atoms. The molecule has 90 valence electrons. The second kappa shape index (κ2) is 5.83. The molecule has 1 aliphatic rings. The van der Waals surface area contributed by atoms with Crippen molar-refractivity contribution < 1.29 is 9.47 Å². The topological polar surface area (TPSA) is 30.5 Å². The molecular formula is C12H25NO2. The number of ether oxygens (including phenoxy) is 2. The Balaban J connectivity index is 2.29. The zero-order valence-electron chi connectivity index (χ0n) is 10.5. The van der Waals surface area contributed by atoms with E-state index < -0.39 is 0 Å². The molecule has 0 saturated carbocycles. The van der Waals surface area contributed by atoms with Gasteiger partial charge < -0.3 is 14.8 Å². The highest BCUT2D eigenvalue weighted by Gasteiger charge is 2.39. The third kappa shape index (κ3) is 3.44. The molecule has 2 unspecified atom stereocenters. The van der Waals surface area contributed by atoms with Crippen LogP contribution in [0.5, 0.6) is 0 Å². The number of nitrogens with one attached hydrogen (secondary N) is 1. The zero-order valence-corrected chi connectivity index (χ0v) is 10.5. The molecule has 0 radical (unpaired) electrons. The van der Waals surface area contributed by atoms with Crippen molar-refractivity contribution in [2.24, 2.45) is 5.92 Å². The van der Waals surface area contributed by atoms with Gasteiger partial charge >= 0.3 is 0 Å². The Kier molecular flexibility index (Phi) is 5.03. The van der Waals surface area contributed by atoms with Gasteiger partial charge in [-0.1, -0.05) is 20.3 Å². The Bertz CT molecular complexity index is 186. The highest BCUT2D eigenvalue weighted by molar-refractivity contribution is 4.95. The number of rotatable bonds is 6. The predicted molar refractivity (Wildman–Crippen MR) is 62.1 cm³/mol. The molecule has 1 fully saturated rings. The van der Waals surface area contributed by atoms with E-state index in [4.69, 9.17) is 9.47 Å². The van der Waals surface area contributed by atoms with Crippen molar-refractivity contribution in [3.8, 4) is 0 Å². The number of hydrogen-bond donors (Lipinski definition) is 1. The van der Waals surface area contributed by atoms with E-state index in [-0.39, 0.29) is 11.6 Å². The minimum atomic E-state index is 0.00219. The molecule has 1 N–H and O–H groups in total. The van der Waals surface area contributed by atoms with Crippen molar-refractivity contribution >= 4 is 0 Å². The van der Waals surface area contributed by atoms with Crippen LogP contribution in [0.1, 0.15) is 33.6 Å². The third-order valence-corrected chi connectivity index (χ3v) is 3.53. The molecule has 0 aromatic rings. The largest absolute Gasteiger partial charge is 0.377 e. The maximum Gasteiger partial charge on any atom is 0.100 e. The fourth-order valence-corrected chi connectivity index (χ4v) is 1.96. The van der Waals surface area contributed by atoms with Gasteiger partial charge in [-0.3, -0.25) is 0 Å². The second-order valence-corrected chi connectivity index (χ2v) is 4.89. The average Bonchev–Trinajstić information content (AvgIpc) is 2.59. The molecule has 1 heterocycles. The number of hydrogen-bond acceptors (Lipinski definition) is 3. The van der Waals surface area contributed by atoms with Crippen LogP contribution < -0.4 is 5.32 Å². The molecule has 3 heteroatoms. The third-order valence-electron chi connectivity index (χ3n) is 3.53. The summed E-state index contributed by atoms with van der Waals surface area (Å²) in [5.74, 6) is 0.796. The molecule has 0 aliphatic carbocycles. The fourth-order valence-electron chi connectivity index (χ4n) is 1.96. The van der Waals surface area contributed by atoms with Gasteiger partial charge in [0.15, 0.2) is 0 Å². The lowest BCUT2D eigenvalue weighted by Crippen LogP contribution is -2.52. The first-order valence-electron chi connectivity index (χ1n) is 5.98. The van der Waals surface area contributed by atoms with E-state index in [1.165, 1.54) is 12.8 Å². The minimum Gasteiger partial charge on any atom is -0.377 e. The summed E-state index contributed by atoms with van der Waals surface area (Å²) in [5.41, 5.74) is 0.00219. The van der Waals surface area contributed by atoms with Gasteiger partial charge in [0.05, 0.1) is 18.8 Å². The summed E-state index contributed by atoms with van der Waals surface area (Å²) in [5, 5.41) is 3.57. The lowest BCUT2D eigenvalue weighted by molar-refractivity contribution is 0.0507. The van der Waals surface area contributed by atoms with E-state index >= 15 is 0 Å². The monoisotopic (exact) mass is 215 g/mol. The Morgan fingerprint density at radius 3 is 2.93 bits per heavy atom. The first-order valence-corrected chi connectivity index (χ1v) is 5.98. The van der Waals surface area contributed by atoms with Gasteiger partial charge in [-0.05, 0) is 25.8 Å². The van der Waals surface area contributed by atoms with Gasteiger partial charge in [0.25, 0.3) is 0 Å². The summed E-state index contributed by atoms with van der Waals surface area (Å²) in [6, 6.07) is 0. The van der Waals surface area contributed by atoms with Crippen LogP contribution in [0.25, 0.3) is 0 Å². The second-order valence-electron chi connectivity index (χ2n) is 4.89. The quantitative estimate of drug-likeness (QED) is 0.733. The van der Waals surface area contributed by atoms with Gasteiger partial charge in [0, 0.05) is 7.11 Å². The standard InChI is InChI=1S/C12H25NO2/c1-5-10(2)6-7-13-12(3)9-15-8-11(12)14-4/h10-11,13H,5-9H2,1-4H3/t10?,11-,12?/m1/s1. The van der Waals surface area contributed by atoms with E-state index in [1.54, 1.807) is 7.11 Å². The molecule has 0 aromatic carbocycles. The minimum absolute atomic E-state index is 0.00219. The average molecular weight is 215 g/mol. The van der Waals surface area contributed by atoms with E-state index in [0.717, 1.165) is 19.1 Å². The maximum atomic E-state index is 5.46. The van der Waals surface area contributed by atoms with Crippen molar-refractivity contribution in [2.75, 3.05) is 26.9 Å². The van der Waals surface area contributed by atoms with Gasteiger partial charge in [-0.15, -0.1) is 0 Å². The van der Waals surface area contributed by atoms with Crippen molar-refractivity contribution in [1.82, 2.24) is 5.32 Å². The Labute approximate surface area is 93.5 Å². The molecule has 3 atom stereocenters. The lowest BCUT2D eigenvalue weighted by atomic mass is 9.97. The normalized spacial score (nSPS) is 33.2. The van der Waals surface area contributed by atoms with Gasteiger partial charge in [0.2, 0.25) is 0 Å². The highest BCUT2D eigenvalue weighted by atomic mass is 16.5. The smallest absolute Gasteiger partial charge is 0.100 e. The molecule has 15 heavy (non-hydrogen) atoms. The van der Waals surface area contributed by atoms with Crippen LogP contribution in [0.3, 0.4) is 0 Å². The van der Waals surface area contributed by atoms with E-state index in [2.05, 4.69) is 26.1 Å². The van der Waals surface area contributed by atoms with E-state index in [9.17, 15) is 0 Å². The van der Waals surface area contributed by atoms with Crippen molar-refractivity contribution in [2.45, 2.75) is 45.3 Å². The molecule has 0 bridgehead atoms. The highest BCUT2D eigenvalue weighted by Crippen LogP contribution is 2.21. The summed E-state index contributed by atoms with van der Waals surface area (Å²) in [6.45, 7) is 9.24.